The Morgan fingerprint density at radius 2 is 1.81 bits per heavy atom. The van der Waals surface area contributed by atoms with Gasteiger partial charge in [0.2, 0.25) is 0 Å². The quantitative estimate of drug-likeness (QED) is 0.620. The van der Waals surface area contributed by atoms with Crippen LogP contribution in [-0.2, 0) is 16.0 Å². The van der Waals surface area contributed by atoms with Crippen molar-refractivity contribution in [2.75, 3.05) is 6.54 Å². The molecule has 0 unspecified atom stereocenters. The van der Waals surface area contributed by atoms with Gasteiger partial charge in [0.1, 0.15) is 5.60 Å². The van der Waals surface area contributed by atoms with Crippen molar-refractivity contribution in [3.05, 3.63) is 35.9 Å². The first-order valence-electron chi connectivity index (χ1n) is 9.47. The Morgan fingerprint density at radius 3 is 2.38 bits per heavy atom. The van der Waals surface area contributed by atoms with Gasteiger partial charge in [-0.05, 0) is 64.5 Å². The Balaban J connectivity index is 2.62. The second-order valence-electron chi connectivity index (χ2n) is 7.95. The molecule has 3 N–H and O–H groups in total. The van der Waals surface area contributed by atoms with Gasteiger partial charge in [-0.3, -0.25) is 4.79 Å². The summed E-state index contributed by atoms with van der Waals surface area (Å²) in [4.78, 5) is 24.8. The third-order valence-corrected chi connectivity index (χ3v) is 4.00. The fraction of sp³-hybridized carbons (Fsp3) is 0.619. The average Bonchev–Trinajstić information content (AvgIpc) is 2.53. The first-order chi connectivity index (χ1) is 12.2. The predicted molar refractivity (Wildman–Crippen MR) is 105 cm³/mol. The van der Waals surface area contributed by atoms with E-state index in [1.54, 1.807) is 20.8 Å². The Hall–Kier alpha value is -1.88. The highest BCUT2D eigenvalue weighted by Crippen LogP contribution is 2.15. The highest BCUT2D eigenvalue weighted by Gasteiger charge is 2.25. The summed E-state index contributed by atoms with van der Waals surface area (Å²) in [5.41, 5.74) is 6.17. The minimum absolute atomic E-state index is 0.0521. The van der Waals surface area contributed by atoms with Gasteiger partial charge in [-0.2, -0.15) is 0 Å². The number of nitrogens with one attached hydrogen (secondary N) is 1. The Bertz CT molecular complexity index is 552. The largest absolute Gasteiger partial charge is 0.444 e. The molecule has 5 nitrogen and oxygen atoms in total. The predicted octanol–water partition coefficient (Wildman–Crippen LogP) is 3.85. The van der Waals surface area contributed by atoms with Crippen LogP contribution < -0.4 is 11.1 Å². The van der Waals surface area contributed by atoms with E-state index in [1.165, 1.54) is 5.56 Å². The first kappa shape index (κ1) is 22.2. The third kappa shape index (κ3) is 9.56. The van der Waals surface area contributed by atoms with E-state index in [4.69, 9.17) is 10.5 Å². The Morgan fingerprint density at radius 1 is 1.15 bits per heavy atom. The van der Waals surface area contributed by atoms with Crippen molar-refractivity contribution in [2.24, 2.45) is 11.7 Å². The number of carbonyl (C=O) groups excluding carboxylic acids is 2. The van der Waals surface area contributed by atoms with Crippen molar-refractivity contribution in [1.82, 2.24) is 5.32 Å². The van der Waals surface area contributed by atoms with Crippen LogP contribution >= 0.6 is 0 Å². The van der Waals surface area contributed by atoms with Crippen LogP contribution in [0.4, 0.5) is 4.79 Å². The van der Waals surface area contributed by atoms with Crippen LogP contribution in [0.3, 0.4) is 0 Å². The number of hydrogen-bond donors (Lipinski definition) is 2. The van der Waals surface area contributed by atoms with Gasteiger partial charge >= 0.3 is 6.09 Å². The lowest BCUT2D eigenvalue weighted by Gasteiger charge is -2.24. The molecule has 0 fully saturated rings. The molecule has 0 aliphatic heterocycles. The standard InChI is InChI=1S/C21H34N2O3/c1-16(14-17-10-6-5-7-11-17)15-19(24)18(12-8-9-13-22)23-20(25)26-21(2,3)4/h5-7,10-11,16,18H,8-9,12-15,22H2,1-4H3,(H,23,25)/t16-,18-/m0/s1. The van der Waals surface area contributed by atoms with Gasteiger partial charge in [0, 0.05) is 6.42 Å². The number of rotatable bonds is 10. The third-order valence-electron chi connectivity index (χ3n) is 4.00. The van der Waals surface area contributed by atoms with Crippen LogP contribution in [0.2, 0.25) is 0 Å². The number of ketones is 1. The lowest BCUT2D eigenvalue weighted by Crippen LogP contribution is -2.44. The van der Waals surface area contributed by atoms with Crippen LogP contribution in [0, 0.1) is 5.92 Å². The SMILES string of the molecule is C[C@H](CC(=O)[C@H](CCCCN)NC(=O)OC(C)(C)C)Cc1ccccc1. The molecule has 0 aliphatic carbocycles. The molecule has 0 radical (unpaired) electrons. The molecule has 0 spiro atoms. The maximum atomic E-state index is 12.7. The zero-order valence-corrected chi connectivity index (χ0v) is 16.6. The first-order valence-corrected chi connectivity index (χ1v) is 9.47. The fourth-order valence-electron chi connectivity index (χ4n) is 2.83. The normalized spacial score (nSPS) is 13.7. The molecule has 0 aromatic heterocycles. The van der Waals surface area contributed by atoms with E-state index in [9.17, 15) is 9.59 Å². The van der Waals surface area contributed by atoms with E-state index < -0.39 is 17.7 Å². The minimum Gasteiger partial charge on any atom is -0.444 e. The topological polar surface area (TPSA) is 81.4 Å². The van der Waals surface area contributed by atoms with Crippen molar-refractivity contribution < 1.29 is 14.3 Å². The van der Waals surface area contributed by atoms with Gasteiger partial charge in [0.15, 0.2) is 5.78 Å². The molecule has 0 heterocycles. The smallest absolute Gasteiger partial charge is 0.408 e. The summed E-state index contributed by atoms with van der Waals surface area (Å²) in [5, 5.41) is 2.75. The van der Waals surface area contributed by atoms with Gasteiger partial charge in [0.25, 0.3) is 0 Å². The number of ether oxygens (including phenoxy) is 1. The molecule has 1 amide bonds. The summed E-state index contributed by atoms with van der Waals surface area (Å²) in [6.07, 6.45) is 2.95. The lowest BCUT2D eigenvalue weighted by molar-refractivity contribution is -0.122. The van der Waals surface area contributed by atoms with Crippen LogP contribution in [0.5, 0.6) is 0 Å². The van der Waals surface area contributed by atoms with E-state index in [2.05, 4.69) is 24.4 Å². The maximum absolute atomic E-state index is 12.7. The van der Waals surface area contributed by atoms with Gasteiger partial charge < -0.3 is 15.8 Å². The Kier molecular flexibility index (Phi) is 9.35. The van der Waals surface area contributed by atoms with Crippen molar-refractivity contribution in [1.29, 1.82) is 0 Å². The van der Waals surface area contributed by atoms with Gasteiger partial charge in [-0.25, -0.2) is 4.79 Å². The van der Waals surface area contributed by atoms with Gasteiger partial charge in [-0.15, -0.1) is 0 Å². The van der Waals surface area contributed by atoms with E-state index in [0.29, 0.717) is 19.4 Å². The summed E-state index contributed by atoms with van der Waals surface area (Å²) in [6.45, 7) is 8.06. The molecule has 0 saturated carbocycles. The summed E-state index contributed by atoms with van der Waals surface area (Å²) in [6, 6.07) is 9.61. The second-order valence-corrected chi connectivity index (χ2v) is 7.95. The van der Waals surface area contributed by atoms with Crippen molar-refractivity contribution in [2.45, 2.75) is 71.4 Å². The molecule has 1 aromatic rings. The van der Waals surface area contributed by atoms with Crippen LogP contribution in [0.15, 0.2) is 30.3 Å². The molecule has 1 aromatic carbocycles. The molecule has 146 valence electrons. The van der Waals surface area contributed by atoms with E-state index in [0.717, 1.165) is 19.3 Å². The van der Waals surface area contributed by atoms with Crippen LogP contribution in [-0.4, -0.2) is 30.1 Å². The molecule has 5 heteroatoms. The van der Waals surface area contributed by atoms with Crippen molar-refractivity contribution >= 4 is 11.9 Å². The second kappa shape index (κ2) is 11.0. The van der Waals surface area contributed by atoms with E-state index in [-0.39, 0.29) is 11.7 Å². The van der Waals surface area contributed by atoms with E-state index >= 15 is 0 Å². The average molecular weight is 363 g/mol. The number of unbranched alkanes of at least 4 members (excludes halogenated alkanes) is 1. The number of hydrogen-bond acceptors (Lipinski definition) is 4. The molecular weight excluding hydrogens is 328 g/mol. The molecule has 0 bridgehead atoms. The molecule has 2 atom stereocenters. The molecule has 1 rings (SSSR count). The highest BCUT2D eigenvalue weighted by atomic mass is 16.6. The zero-order valence-electron chi connectivity index (χ0n) is 16.6. The van der Waals surface area contributed by atoms with Gasteiger partial charge in [0.05, 0.1) is 6.04 Å². The van der Waals surface area contributed by atoms with Crippen molar-refractivity contribution in [3.8, 4) is 0 Å². The summed E-state index contributed by atoms with van der Waals surface area (Å²) >= 11 is 0. The molecule has 0 aliphatic rings. The zero-order chi connectivity index (χ0) is 19.6. The lowest BCUT2D eigenvalue weighted by atomic mass is 9.92. The monoisotopic (exact) mass is 362 g/mol. The molecular formula is C21H34N2O3. The number of benzene rings is 1. The summed E-state index contributed by atoms with van der Waals surface area (Å²) in [7, 11) is 0. The van der Waals surface area contributed by atoms with E-state index in [1.807, 2.05) is 18.2 Å². The number of amides is 1. The maximum Gasteiger partial charge on any atom is 0.408 e. The number of Topliss-reactive ketones (excluding diaryl/α,β-unsaturated/α-hetero) is 1. The van der Waals surface area contributed by atoms with Crippen LogP contribution in [0.1, 0.15) is 58.9 Å². The Labute approximate surface area is 157 Å². The van der Waals surface area contributed by atoms with Gasteiger partial charge in [-0.1, -0.05) is 37.3 Å². The number of alkyl carbamates (subject to hydrolysis) is 1. The molecule has 26 heavy (non-hydrogen) atoms. The highest BCUT2D eigenvalue weighted by molar-refractivity contribution is 5.87. The summed E-state index contributed by atoms with van der Waals surface area (Å²) in [5.74, 6) is 0.263. The summed E-state index contributed by atoms with van der Waals surface area (Å²) < 4.78 is 5.30. The number of carbonyl (C=O) groups is 2. The van der Waals surface area contributed by atoms with Crippen LogP contribution in [0.25, 0.3) is 0 Å². The van der Waals surface area contributed by atoms with Crippen molar-refractivity contribution in [3.63, 3.8) is 0 Å². The fourth-order valence-corrected chi connectivity index (χ4v) is 2.83. The number of nitrogens with two attached hydrogens (primary N) is 1. The molecule has 0 saturated heterocycles. The minimum atomic E-state index is -0.588.